The minimum Gasteiger partial charge on any atom is -0.462 e. The summed E-state index contributed by atoms with van der Waals surface area (Å²) >= 11 is 3.57. The molecule has 216 valence electrons. The van der Waals surface area contributed by atoms with Crippen molar-refractivity contribution < 1.29 is 4.74 Å². The van der Waals surface area contributed by atoms with Crippen LogP contribution in [-0.4, -0.2) is 0 Å². The molecule has 5 aromatic rings. The van der Waals surface area contributed by atoms with E-state index in [0.717, 1.165) is 10.6 Å². The molecular weight excluding hydrogens is 579 g/mol. The topological polar surface area (TPSA) is 40.6 Å². The van der Waals surface area contributed by atoms with E-state index in [1.807, 2.05) is 36.5 Å². The summed E-state index contributed by atoms with van der Waals surface area (Å²) in [4.78, 5) is 6.87. The van der Waals surface area contributed by atoms with Crippen LogP contribution in [0.4, 0.5) is 17.1 Å². The van der Waals surface area contributed by atoms with Gasteiger partial charge in [0.25, 0.3) is 5.70 Å². The van der Waals surface area contributed by atoms with Crippen LogP contribution in [0.15, 0.2) is 95.6 Å². The third-order valence-electron chi connectivity index (χ3n) is 7.57. The van der Waals surface area contributed by atoms with Crippen molar-refractivity contribution in [2.75, 3.05) is 4.90 Å². The van der Waals surface area contributed by atoms with Crippen molar-refractivity contribution in [2.24, 2.45) is 0 Å². The van der Waals surface area contributed by atoms with Crippen molar-refractivity contribution in [2.45, 2.75) is 41.5 Å². The smallest absolute Gasteiger partial charge is 0.269 e. The number of hydrogen-bond acceptors (Lipinski definition) is 5. The zero-order valence-corrected chi connectivity index (χ0v) is 27.2. The minimum absolute atomic E-state index is 0.0600. The van der Waals surface area contributed by atoms with E-state index in [4.69, 9.17) is 11.3 Å². The number of hydrogen-bond donors (Lipinski definition) is 0. The Kier molecular flexibility index (Phi) is 7.74. The first-order valence-corrected chi connectivity index (χ1v) is 16.0. The zero-order valence-electron chi connectivity index (χ0n) is 25.6. The van der Waals surface area contributed by atoms with Crippen LogP contribution in [0.3, 0.4) is 0 Å². The Balaban J connectivity index is 1.39. The normalized spacial score (nSPS) is 14.3. The molecule has 0 fully saturated rings. The van der Waals surface area contributed by atoms with Crippen LogP contribution in [-0.2, 0) is 4.74 Å². The number of anilines is 3. The van der Waals surface area contributed by atoms with Crippen LogP contribution >= 0.6 is 22.7 Å². The summed E-state index contributed by atoms with van der Waals surface area (Å²) in [7, 11) is 0. The van der Waals surface area contributed by atoms with Gasteiger partial charge in [-0.05, 0) is 124 Å². The second-order valence-electron chi connectivity index (χ2n) is 11.3. The molecule has 0 atom stereocenters. The summed E-state index contributed by atoms with van der Waals surface area (Å²) in [5.74, 6) is 1.26. The monoisotopic (exact) mass is 609 g/mol. The fraction of sp³-hybridized carbons (Fsp3) is 0.158. The largest absolute Gasteiger partial charge is 0.462 e. The number of allylic oxidation sites excluding steroid dienone is 6. The first kappa shape index (κ1) is 29.2. The average Bonchev–Trinajstić information content (AvgIpc) is 3.50. The van der Waals surface area contributed by atoms with Crippen molar-refractivity contribution in [3.05, 3.63) is 140 Å². The highest BCUT2D eigenvalue weighted by Gasteiger charge is 2.20. The number of nitriles is 1. The maximum absolute atomic E-state index is 9.28. The number of nitrogens with zero attached hydrogens (tertiary/aromatic N) is 3. The maximum atomic E-state index is 9.28. The third-order valence-corrected chi connectivity index (χ3v) is 9.93. The number of thiophene rings is 2. The fourth-order valence-corrected chi connectivity index (χ4v) is 8.46. The lowest BCUT2D eigenvalue weighted by atomic mass is 10.0. The molecule has 0 saturated heterocycles. The molecule has 0 saturated carbocycles. The molecule has 3 heterocycles. The molecule has 0 aliphatic carbocycles. The second kappa shape index (κ2) is 11.7. The summed E-state index contributed by atoms with van der Waals surface area (Å²) < 4.78 is 9.62. The SMILES string of the molecule is [C-]#[N+]/C(C#N)=C1/C=C(C)OC(/C=C/c2cc3sc4cc(N(c5cc(C)cc(C)c5)c5c(C)cc(C)cc5C)ccc4c3s2)=C1. The lowest BCUT2D eigenvalue weighted by Crippen LogP contribution is -2.13. The molecule has 0 spiro atoms. The van der Waals surface area contributed by atoms with E-state index >= 15 is 0 Å². The van der Waals surface area contributed by atoms with E-state index in [-0.39, 0.29) is 5.70 Å². The summed E-state index contributed by atoms with van der Waals surface area (Å²) in [6.07, 6.45) is 7.40. The molecular formula is C38H31N3OS2. The van der Waals surface area contributed by atoms with Gasteiger partial charge in [-0.15, -0.1) is 22.7 Å². The molecule has 1 aliphatic heterocycles. The average molecular weight is 610 g/mol. The Labute approximate surface area is 266 Å². The van der Waals surface area contributed by atoms with E-state index in [0.29, 0.717) is 17.1 Å². The first-order chi connectivity index (χ1) is 21.1. The van der Waals surface area contributed by atoms with Crippen molar-refractivity contribution in [1.29, 1.82) is 5.26 Å². The van der Waals surface area contributed by atoms with E-state index in [9.17, 15) is 5.26 Å². The molecule has 3 aromatic carbocycles. The van der Waals surface area contributed by atoms with Gasteiger partial charge in [-0.3, -0.25) is 0 Å². The van der Waals surface area contributed by atoms with E-state index in [1.165, 1.54) is 58.7 Å². The van der Waals surface area contributed by atoms with Crippen LogP contribution in [0, 0.1) is 52.5 Å². The Bertz CT molecular complexity index is 2130. The van der Waals surface area contributed by atoms with Crippen molar-refractivity contribution in [1.82, 2.24) is 0 Å². The number of rotatable bonds is 5. The lowest BCUT2D eigenvalue weighted by molar-refractivity contribution is 0.318. The van der Waals surface area contributed by atoms with E-state index in [2.05, 4.69) is 99.0 Å². The van der Waals surface area contributed by atoms with Gasteiger partial charge in [-0.25, -0.2) is 10.1 Å². The van der Waals surface area contributed by atoms with Gasteiger partial charge in [0.1, 0.15) is 11.5 Å². The number of benzene rings is 3. The van der Waals surface area contributed by atoms with Gasteiger partial charge in [0.15, 0.2) is 0 Å². The van der Waals surface area contributed by atoms with Crippen molar-refractivity contribution in [3.8, 4) is 6.07 Å². The molecule has 6 rings (SSSR count). The Hall–Kier alpha value is -4.88. The van der Waals surface area contributed by atoms with E-state index in [1.54, 1.807) is 23.5 Å². The molecule has 1 aliphatic rings. The molecule has 2 aromatic heterocycles. The van der Waals surface area contributed by atoms with Crippen LogP contribution in [0.25, 0.3) is 30.4 Å². The fourth-order valence-electron chi connectivity index (χ4n) is 5.99. The van der Waals surface area contributed by atoms with Crippen LogP contribution in [0.2, 0.25) is 0 Å². The number of aryl methyl sites for hydroxylation is 5. The zero-order chi connectivity index (χ0) is 31.1. The van der Waals surface area contributed by atoms with Crippen molar-refractivity contribution in [3.63, 3.8) is 0 Å². The van der Waals surface area contributed by atoms with Gasteiger partial charge in [0.05, 0.1) is 23.0 Å². The highest BCUT2D eigenvalue weighted by Crippen LogP contribution is 2.45. The lowest BCUT2D eigenvalue weighted by Gasteiger charge is -2.29. The van der Waals surface area contributed by atoms with Crippen LogP contribution < -0.4 is 4.90 Å². The Morgan fingerprint density at radius 2 is 1.52 bits per heavy atom. The summed E-state index contributed by atoms with van der Waals surface area (Å²) in [5.41, 5.74) is 10.5. The quantitative estimate of drug-likeness (QED) is 0.147. The van der Waals surface area contributed by atoms with Gasteiger partial charge >= 0.3 is 0 Å². The highest BCUT2D eigenvalue weighted by atomic mass is 32.1. The van der Waals surface area contributed by atoms with Gasteiger partial charge in [-0.2, -0.15) is 0 Å². The Morgan fingerprint density at radius 1 is 0.818 bits per heavy atom. The molecule has 0 unspecified atom stereocenters. The predicted octanol–water partition coefficient (Wildman–Crippen LogP) is 11.7. The van der Waals surface area contributed by atoms with Gasteiger partial charge in [-0.1, -0.05) is 29.8 Å². The van der Waals surface area contributed by atoms with Gasteiger partial charge in [0.2, 0.25) is 0 Å². The Morgan fingerprint density at radius 3 is 2.20 bits per heavy atom. The minimum atomic E-state index is 0.0600. The highest BCUT2D eigenvalue weighted by molar-refractivity contribution is 7.33. The maximum Gasteiger partial charge on any atom is 0.269 e. The summed E-state index contributed by atoms with van der Waals surface area (Å²) in [6, 6.07) is 22.3. The molecule has 0 radical (unpaired) electrons. The molecule has 0 amide bonds. The van der Waals surface area contributed by atoms with Gasteiger partial charge < -0.3 is 9.64 Å². The third kappa shape index (κ3) is 5.58. The predicted molar refractivity (Wildman–Crippen MR) is 187 cm³/mol. The molecule has 4 nitrogen and oxygen atoms in total. The molecule has 44 heavy (non-hydrogen) atoms. The summed E-state index contributed by atoms with van der Waals surface area (Å²) in [6.45, 7) is 20.0. The van der Waals surface area contributed by atoms with Crippen LogP contribution in [0.5, 0.6) is 0 Å². The molecule has 6 heteroatoms. The van der Waals surface area contributed by atoms with Gasteiger partial charge in [0, 0.05) is 31.0 Å². The van der Waals surface area contributed by atoms with Crippen molar-refractivity contribution >= 4 is 65.3 Å². The second-order valence-corrected chi connectivity index (χ2v) is 13.5. The van der Waals surface area contributed by atoms with E-state index < -0.39 is 0 Å². The number of fused-ring (bicyclic) bond motifs is 3. The standard InChI is InChI=1S/C38H31N3OS2/c1-22-12-23(2)16-30(15-22)41(37-25(4)13-24(3)14-26(37)5)29-8-11-33-35(19-29)44-36-20-32(43-38(33)36)10-9-31-18-28(17-27(6)42-31)34(21-39)40-7/h8-20H,1-6H3/b10-9+,34-28-. The summed E-state index contributed by atoms with van der Waals surface area (Å²) in [5, 5.41) is 10.5. The first-order valence-electron chi connectivity index (χ1n) is 14.3. The molecule has 0 bridgehead atoms. The van der Waals surface area contributed by atoms with Crippen LogP contribution in [0.1, 0.15) is 39.6 Å². The number of ether oxygens (including phenoxy) is 1. The molecule has 0 N–H and O–H groups in total.